The fourth-order valence-corrected chi connectivity index (χ4v) is 2.13. The van der Waals surface area contributed by atoms with E-state index in [0.29, 0.717) is 5.75 Å². The van der Waals surface area contributed by atoms with Gasteiger partial charge in [0.2, 0.25) is 0 Å². The van der Waals surface area contributed by atoms with Crippen LogP contribution in [0, 0.1) is 0 Å². The lowest BCUT2D eigenvalue weighted by atomic mass is 10.0. The predicted octanol–water partition coefficient (Wildman–Crippen LogP) is 5.25. The zero-order valence-electron chi connectivity index (χ0n) is 11.6. The summed E-state index contributed by atoms with van der Waals surface area (Å²) in [7, 11) is 0. The highest BCUT2D eigenvalue weighted by Crippen LogP contribution is 2.28. The fraction of sp³-hybridized carbons (Fsp3) is 0.0526. The third-order valence-electron chi connectivity index (χ3n) is 3.06. The van der Waals surface area contributed by atoms with Crippen molar-refractivity contribution in [2.24, 2.45) is 0 Å². The Kier molecular flexibility index (Phi) is 4.56. The van der Waals surface area contributed by atoms with Crippen molar-refractivity contribution < 1.29 is 5.11 Å². The molecule has 0 fully saturated rings. The lowest BCUT2D eigenvalue weighted by Crippen LogP contribution is -1.80. The molecule has 0 aliphatic heterocycles. The van der Waals surface area contributed by atoms with Crippen LogP contribution >= 0.6 is 0 Å². The van der Waals surface area contributed by atoms with Crippen LogP contribution < -0.4 is 0 Å². The highest BCUT2D eigenvalue weighted by molar-refractivity contribution is 5.94. The van der Waals surface area contributed by atoms with Crippen LogP contribution in [0.5, 0.6) is 5.75 Å². The van der Waals surface area contributed by atoms with Gasteiger partial charge in [-0.05, 0) is 29.5 Å². The Morgan fingerprint density at radius 1 is 1.05 bits per heavy atom. The van der Waals surface area contributed by atoms with Gasteiger partial charge in [0.25, 0.3) is 0 Å². The molecule has 2 aromatic rings. The maximum atomic E-state index is 9.88. The van der Waals surface area contributed by atoms with Crippen molar-refractivity contribution in [1.82, 2.24) is 0 Å². The maximum Gasteiger partial charge on any atom is 0.123 e. The van der Waals surface area contributed by atoms with Gasteiger partial charge in [0.05, 0.1) is 0 Å². The van der Waals surface area contributed by atoms with Crippen LogP contribution in [0.15, 0.2) is 78.9 Å². The zero-order chi connectivity index (χ0) is 14.4. The standard InChI is InChI=1S/C19H18O/c1-3-7-15(8-4-2)11-12-16-13-14-19(20)18-10-6-5-9-17(16)18/h3-14,20H,1H2,2H3/b8-4-,12-11+,15-7+. The number of allylic oxidation sites excluding steroid dienone is 6. The van der Waals surface area contributed by atoms with E-state index in [-0.39, 0.29) is 0 Å². The highest BCUT2D eigenvalue weighted by Gasteiger charge is 2.01. The molecule has 2 rings (SSSR count). The number of hydrogen-bond donors (Lipinski definition) is 1. The fourth-order valence-electron chi connectivity index (χ4n) is 2.13. The minimum Gasteiger partial charge on any atom is -0.507 e. The second-order valence-corrected chi connectivity index (χ2v) is 4.46. The quantitative estimate of drug-likeness (QED) is 0.746. The number of phenolic OH excluding ortho intramolecular Hbond substituents is 1. The van der Waals surface area contributed by atoms with Crippen molar-refractivity contribution in [3.8, 4) is 5.75 Å². The first kappa shape index (κ1) is 13.9. The number of phenols is 1. The number of benzene rings is 2. The van der Waals surface area contributed by atoms with Gasteiger partial charge in [-0.25, -0.2) is 0 Å². The SMILES string of the molecule is C=C/C=C(\C=C/C)/C=C/c1ccc(O)c2ccccc12. The number of fused-ring (bicyclic) bond motifs is 1. The average molecular weight is 262 g/mol. The van der Waals surface area contributed by atoms with E-state index in [2.05, 4.69) is 12.7 Å². The van der Waals surface area contributed by atoms with E-state index in [4.69, 9.17) is 0 Å². The molecule has 0 saturated carbocycles. The van der Waals surface area contributed by atoms with Gasteiger partial charge in [0.15, 0.2) is 0 Å². The Hall–Kier alpha value is -2.54. The summed E-state index contributed by atoms with van der Waals surface area (Å²) >= 11 is 0. The van der Waals surface area contributed by atoms with Crippen LogP contribution in [0.3, 0.4) is 0 Å². The zero-order valence-corrected chi connectivity index (χ0v) is 11.6. The Morgan fingerprint density at radius 2 is 1.80 bits per heavy atom. The average Bonchev–Trinajstić information content (AvgIpc) is 2.47. The molecule has 20 heavy (non-hydrogen) atoms. The highest BCUT2D eigenvalue weighted by atomic mass is 16.3. The molecule has 0 aliphatic rings. The largest absolute Gasteiger partial charge is 0.507 e. The van der Waals surface area contributed by atoms with Crippen molar-refractivity contribution in [3.63, 3.8) is 0 Å². The lowest BCUT2D eigenvalue weighted by Gasteiger charge is -2.04. The van der Waals surface area contributed by atoms with Crippen molar-refractivity contribution in [3.05, 3.63) is 84.5 Å². The van der Waals surface area contributed by atoms with E-state index in [0.717, 1.165) is 21.9 Å². The van der Waals surface area contributed by atoms with E-state index < -0.39 is 0 Å². The third-order valence-corrected chi connectivity index (χ3v) is 3.06. The molecule has 0 heterocycles. The molecule has 0 bridgehead atoms. The van der Waals surface area contributed by atoms with E-state index in [1.54, 1.807) is 12.1 Å². The van der Waals surface area contributed by atoms with Gasteiger partial charge in [-0.3, -0.25) is 0 Å². The van der Waals surface area contributed by atoms with E-state index in [1.807, 2.05) is 61.6 Å². The molecule has 100 valence electrons. The summed E-state index contributed by atoms with van der Waals surface area (Å²) in [6.07, 6.45) is 11.8. The van der Waals surface area contributed by atoms with Gasteiger partial charge in [0, 0.05) is 5.39 Å². The second-order valence-electron chi connectivity index (χ2n) is 4.46. The smallest absolute Gasteiger partial charge is 0.123 e. The summed E-state index contributed by atoms with van der Waals surface area (Å²) in [4.78, 5) is 0. The van der Waals surface area contributed by atoms with Gasteiger partial charge in [-0.2, -0.15) is 0 Å². The molecule has 0 aromatic heterocycles. The summed E-state index contributed by atoms with van der Waals surface area (Å²) in [6, 6.07) is 11.5. The van der Waals surface area contributed by atoms with Gasteiger partial charge in [-0.15, -0.1) is 0 Å². The maximum absolute atomic E-state index is 9.88. The number of hydrogen-bond acceptors (Lipinski definition) is 1. The summed E-state index contributed by atoms with van der Waals surface area (Å²) in [6.45, 7) is 5.71. The molecule has 0 spiro atoms. The number of rotatable bonds is 4. The molecule has 2 aromatic carbocycles. The van der Waals surface area contributed by atoms with Crippen LogP contribution in [0.2, 0.25) is 0 Å². The van der Waals surface area contributed by atoms with Crippen LogP contribution in [-0.4, -0.2) is 5.11 Å². The molecule has 0 amide bonds. The Morgan fingerprint density at radius 3 is 2.50 bits per heavy atom. The molecule has 1 heteroatoms. The van der Waals surface area contributed by atoms with Gasteiger partial charge in [0.1, 0.15) is 5.75 Å². The minimum absolute atomic E-state index is 0.313. The topological polar surface area (TPSA) is 20.2 Å². The first-order valence-corrected chi connectivity index (χ1v) is 6.60. The predicted molar refractivity (Wildman–Crippen MR) is 87.7 cm³/mol. The molecule has 0 unspecified atom stereocenters. The van der Waals surface area contributed by atoms with Crippen LogP contribution in [0.4, 0.5) is 0 Å². The van der Waals surface area contributed by atoms with Crippen molar-refractivity contribution in [2.45, 2.75) is 6.92 Å². The van der Waals surface area contributed by atoms with Gasteiger partial charge < -0.3 is 5.11 Å². The molecule has 1 N–H and O–H groups in total. The van der Waals surface area contributed by atoms with Crippen molar-refractivity contribution >= 4 is 16.8 Å². The molecular weight excluding hydrogens is 244 g/mol. The Labute approximate surface area is 119 Å². The Bertz CT molecular complexity index is 703. The summed E-state index contributed by atoms with van der Waals surface area (Å²) in [5, 5.41) is 11.8. The minimum atomic E-state index is 0.313. The molecule has 0 radical (unpaired) electrons. The Balaban J connectivity index is 2.46. The van der Waals surface area contributed by atoms with E-state index in [1.165, 1.54) is 0 Å². The molecule has 0 atom stereocenters. The third kappa shape index (κ3) is 3.07. The van der Waals surface area contributed by atoms with E-state index in [9.17, 15) is 5.11 Å². The molecule has 1 nitrogen and oxygen atoms in total. The van der Waals surface area contributed by atoms with E-state index >= 15 is 0 Å². The van der Waals surface area contributed by atoms with Gasteiger partial charge in [-0.1, -0.05) is 73.4 Å². The first-order valence-electron chi connectivity index (χ1n) is 6.60. The van der Waals surface area contributed by atoms with Crippen molar-refractivity contribution in [2.75, 3.05) is 0 Å². The molecule has 0 saturated heterocycles. The molecule has 0 aliphatic carbocycles. The second kappa shape index (κ2) is 6.58. The van der Waals surface area contributed by atoms with Crippen LogP contribution in [0.1, 0.15) is 12.5 Å². The normalized spacial score (nSPS) is 12.6. The van der Waals surface area contributed by atoms with Crippen LogP contribution in [0.25, 0.3) is 16.8 Å². The lowest BCUT2D eigenvalue weighted by molar-refractivity contribution is 0.481. The number of aromatic hydroxyl groups is 1. The van der Waals surface area contributed by atoms with Crippen molar-refractivity contribution in [1.29, 1.82) is 0 Å². The van der Waals surface area contributed by atoms with Crippen LogP contribution in [-0.2, 0) is 0 Å². The summed E-state index contributed by atoms with van der Waals surface area (Å²) in [5.74, 6) is 0.313. The summed E-state index contributed by atoms with van der Waals surface area (Å²) < 4.78 is 0. The first-order chi connectivity index (χ1) is 9.76. The van der Waals surface area contributed by atoms with Gasteiger partial charge >= 0.3 is 0 Å². The monoisotopic (exact) mass is 262 g/mol. The summed E-state index contributed by atoms with van der Waals surface area (Å²) in [5.41, 5.74) is 2.16. The molecular formula is C19H18O.